The molecule has 0 aliphatic carbocycles. The van der Waals surface area contributed by atoms with Crippen molar-refractivity contribution in [1.29, 1.82) is 0 Å². The van der Waals surface area contributed by atoms with Crippen LogP contribution in [0.5, 0.6) is 0 Å². The van der Waals surface area contributed by atoms with Crippen molar-refractivity contribution >= 4 is 5.91 Å². The molecule has 0 bridgehead atoms. The zero-order valence-corrected chi connectivity index (χ0v) is 8.42. The van der Waals surface area contributed by atoms with Crippen molar-refractivity contribution in [2.24, 2.45) is 0 Å². The Labute approximate surface area is 74.7 Å². The monoisotopic (exact) mass is 171 g/mol. The van der Waals surface area contributed by atoms with Gasteiger partial charge in [0.25, 0.3) is 0 Å². The molecule has 0 saturated carbocycles. The number of carbonyl (C=O) groups is 1. The Balaban J connectivity index is 3.79. The molecule has 3 nitrogen and oxygen atoms in total. The molecule has 0 aromatic rings. The standard InChI is InChI=1S/C9H18N2O/c1-6-9(12)10-7-8(2)11(3,4)5/h6,8H,1,7H2,2-5H3/p+1. The van der Waals surface area contributed by atoms with Crippen molar-refractivity contribution in [2.45, 2.75) is 13.0 Å². The van der Waals surface area contributed by atoms with Crippen LogP contribution in [0.25, 0.3) is 0 Å². The van der Waals surface area contributed by atoms with Gasteiger partial charge < -0.3 is 9.80 Å². The number of quaternary nitrogens is 1. The molecule has 0 rings (SSSR count). The number of nitrogens with one attached hydrogen (secondary N) is 1. The fourth-order valence-electron chi connectivity index (χ4n) is 0.594. The largest absolute Gasteiger partial charge is 0.347 e. The normalized spacial score (nSPS) is 13.7. The van der Waals surface area contributed by atoms with Crippen molar-refractivity contribution in [3.63, 3.8) is 0 Å². The van der Waals surface area contributed by atoms with Gasteiger partial charge in [0.1, 0.15) is 6.04 Å². The van der Waals surface area contributed by atoms with Crippen molar-refractivity contribution in [3.05, 3.63) is 12.7 Å². The van der Waals surface area contributed by atoms with Crippen LogP contribution in [0.15, 0.2) is 12.7 Å². The Bertz CT molecular complexity index is 170. The fraction of sp³-hybridized carbons (Fsp3) is 0.667. The molecule has 0 aliphatic heterocycles. The summed E-state index contributed by atoms with van der Waals surface area (Å²) >= 11 is 0. The third kappa shape index (κ3) is 4.13. The zero-order chi connectivity index (χ0) is 9.78. The van der Waals surface area contributed by atoms with E-state index in [2.05, 4.69) is 40.0 Å². The minimum atomic E-state index is -0.102. The maximum Gasteiger partial charge on any atom is 0.243 e. The van der Waals surface area contributed by atoms with Gasteiger partial charge >= 0.3 is 0 Å². The van der Waals surface area contributed by atoms with E-state index in [0.717, 1.165) is 4.48 Å². The van der Waals surface area contributed by atoms with Crippen LogP contribution in [0, 0.1) is 0 Å². The lowest BCUT2D eigenvalue weighted by atomic mass is 10.2. The van der Waals surface area contributed by atoms with Gasteiger partial charge in [0.2, 0.25) is 5.91 Å². The van der Waals surface area contributed by atoms with E-state index < -0.39 is 0 Å². The third-order valence-corrected chi connectivity index (χ3v) is 2.08. The number of nitrogens with zero attached hydrogens (tertiary/aromatic N) is 1. The molecule has 1 N–H and O–H groups in total. The summed E-state index contributed by atoms with van der Waals surface area (Å²) in [6.07, 6.45) is 1.29. The summed E-state index contributed by atoms with van der Waals surface area (Å²) in [6.45, 7) is 6.17. The first-order valence-electron chi connectivity index (χ1n) is 4.09. The van der Waals surface area contributed by atoms with Gasteiger partial charge in [-0.1, -0.05) is 6.58 Å². The number of rotatable bonds is 4. The molecule has 1 unspecified atom stereocenters. The van der Waals surface area contributed by atoms with Crippen molar-refractivity contribution in [2.75, 3.05) is 27.7 Å². The highest BCUT2D eigenvalue weighted by Gasteiger charge is 2.17. The molecule has 3 heteroatoms. The molecule has 0 radical (unpaired) electrons. The lowest BCUT2D eigenvalue weighted by Gasteiger charge is -2.31. The molecule has 0 aliphatic rings. The number of likely N-dealkylation sites (N-methyl/N-ethyl adjacent to an activating group) is 1. The Kier molecular flexibility index (Phi) is 3.96. The lowest BCUT2D eigenvalue weighted by molar-refractivity contribution is -0.892. The Morgan fingerprint density at radius 3 is 2.42 bits per heavy atom. The van der Waals surface area contributed by atoms with Gasteiger partial charge in [-0.15, -0.1) is 0 Å². The van der Waals surface area contributed by atoms with Crippen LogP contribution in [0.1, 0.15) is 6.92 Å². The second kappa shape index (κ2) is 4.26. The summed E-state index contributed by atoms with van der Waals surface area (Å²) in [6, 6.07) is 0.411. The van der Waals surface area contributed by atoms with Crippen LogP contribution in [0.3, 0.4) is 0 Å². The highest BCUT2D eigenvalue weighted by Crippen LogP contribution is 1.99. The number of hydrogen-bond donors (Lipinski definition) is 1. The molecular formula is C9H19N2O+. The number of amides is 1. The van der Waals surface area contributed by atoms with Crippen molar-refractivity contribution in [1.82, 2.24) is 5.32 Å². The lowest BCUT2D eigenvalue weighted by Crippen LogP contribution is -2.49. The van der Waals surface area contributed by atoms with E-state index in [1.807, 2.05) is 0 Å². The summed E-state index contributed by atoms with van der Waals surface area (Å²) < 4.78 is 0.845. The molecule has 1 amide bonds. The average Bonchev–Trinajstić information content (AvgIpc) is 1.97. The van der Waals surface area contributed by atoms with Gasteiger partial charge in [-0.25, -0.2) is 0 Å². The predicted molar refractivity (Wildman–Crippen MR) is 50.7 cm³/mol. The van der Waals surface area contributed by atoms with Crippen LogP contribution >= 0.6 is 0 Å². The molecule has 0 heterocycles. The summed E-state index contributed by atoms with van der Waals surface area (Å²) in [4.78, 5) is 10.8. The summed E-state index contributed by atoms with van der Waals surface area (Å²) in [5.74, 6) is -0.102. The quantitative estimate of drug-likeness (QED) is 0.481. The van der Waals surface area contributed by atoms with Gasteiger partial charge in [0.15, 0.2) is 0 Å². The number of carbonyl (C=O) groups excluding carboxylic acids is 1. The van der Waals surface area contributed by atoms with Gasteiger partial charge in [-0.3, -0.25) is 4.79 Å². The van der Waals surface area contributed by atoms with Gasteiger partial charge in [0.05, 0.1) is 27.7 Å². The second-order valence-corrected chi connectivity index (χ2v) is 3.91. The predicted octanol–water partition coefficient (Wildman–Crippen LogP) is 0.383. The molecular weight excluding hydrogens is 152 g/mol. The molecule has 12 heavy (non-hydrogen) atoms. The van der Waals surface area contributed by atoms with Crippen LogP contribution in [-0.4, -0.2) is 44.1 Å². The second-order valence-electron chi connectivity index (χ2n) is 3.91. The maximum absolute atomic E-state index is 10.8. The molecule has 0 fully saturated rings. The molecule has 70 valence electrons. The van der Waals surface area contributed by atoms with E-state index in [4.69, 9.17) is 0 Å². The van der Waals surface area contributed by atoms with Gasteiger partial charge in [0, 0.05) is 0 Å². The van der Waals surface area contributed by atoms with Crippen molar-refractivity contribution in [3.8, 4) is 0 Å². The van der Waals surface area contributed by atoms with Crippen LogP contribution < -0.4 is 5.32 Å². The van der Waals surface area contributed by atoms with E-state index in [0.29, 0.717) is 12.6 Å². The third-order valence-electron chi connectivity index (χ3n) is 2.08. The number of hydrogen-bond acceptors (Lipinski definition) is 1. The zero-order valence-electron chi connectivity index (χ0n) is 8.42. The molecule has 0 aromatic carbocycles. The summed E-state index contributed by atoms with van der Waals surface area (Å²) in [5.41, 5.74) is 0. The fourth-order valence-corrected chi connectivity index (χ4v) is 0.594. The van der Waals surface area contributed by atoms with E-state index in [-0.39, 0.29) is 5.91 Å². The smallest absolute Gasteiger partial charge is 0.243 e. The maximum atomic E-state index is 10.8. The highest BCUT2D eigenvalue weighted by molar-refractivity contribution is 5.86. The first-order valence-corrected chi connectivity index (χ1v) is 4.09. The van der Waals surface area contributed by atoms with Crippen LogP contribution in [0.4, 0.5) is 0 Å². The minimum Gasteiger partial charge on any atom is -0.347 e. The SMILES string of the molecule is C=CC(=O)NCC(C)[N+](C)(C)C. The van der Waals surface area contributed by atoms with Gasteiger partial charge in [-0.05, 0) is 13.0 Å². The van der Waals surface area contributed by atoms with Crippen LogP contribution in [-0.2, 0) is 4.79 Å². The van der Waals surface area contributed by atoms with Crippen molar-refractivity contribution < 1.29 is 9.28 Å². The first kappa shape index (κ1) is 11.2. The van der Waals surface area contributed by atoms with E-state index in [1.54, 1.807) is 0 Å². The molecule has 1 atom stereocenters. The van der Waals surface area contributed by atoms with Crippen LogP contribution in [0.2, 0.25) is 0 Å². The van der Waals surface area contributed by atoms with E-state index in [9.17, 15) is 4.79 Å². The Hall–Kier alpha value is -0.830. The van der Waals surface area contributed by atoms with E-state index >= 15 is 0 Å². The van der Waals surface area contributed by atoms with Gasteiger partial charge in [-0.2, -0.15) is 0 Å². The summed E-state index contributed by atoms with van der Waals surface area (Å²) in [5, 5.41) is 2.77. The summed E-state index contributed by atoms with van der Waals surface area (Å²) in [7, 11) is 6.31. The Morgan fingerprint density at radius 1 is 1.58 bits per heavy atom. The molecule has 0 aromatic heterocycles. The first-order chi connectivity index (χ1) is 5.38. The Morgan fingerprint density at radius 2 is 2.08 bits per heavy atom. The average molecular weight is 171 g/mol. The minimum absolute atomic E-state index is 0.102. The van der Waals surface area contributed by atoms with E-state index in [1.165, 1.54) is 6.08 Å². The molecule has 0 saturated heterocycles. The topological polar surface area (TPSA) is 29.1 Å². The highest BCUT2D eigenvalue weighted by atomic mass is 16.1. The molecule has 0 spiro atoms.